The zero-order valence-corrected chi connectivity index (χ0v) is 13.6. The normalized spacial score (nSPS) is 17.7. The van der Waals surface area contributed by atoms with Crippen LogP contribution in [-0.2, 0) is 12.3 Å². The molecular weight excluding hydrogens is 280 g/mol. The molecule has 0 amide bonds. The molecule has 0 fully saturated rings. The second-order valence-corrected chi connectivity index (χ2v) is 6.33. The maximum atomic E-state index is 6.21. The molecule has 0 saturated heterocycles. The smallest absolute Gasteiger partial charge is 0.137 e. The Bertz CT molecular complexity index is 666. The third kappa shape index (κ3) is 2.65. The summed E-state index contributed by atoms with van der Waals surface area (Å²) < 4.78 is 0. The number of benzene rings is 1. The number of hydrogen-bond donors (Lipinski definition) is 0. The van der Waals surface area contributed by atoms with E-state index in [-0.39, 0.29) is 0 Å². The van der Waals surface area contributed by atoms with Crippen LogP contribution in [0.25, 0.3) is 0 Å². The van der Waals surface area contributed by atoms with Crippen molar-refractivity contribution in [1.29, 1.82) is 0 Å². The highest BCUT2D eigenvalue weighted by Crippen LogP contribution is 2.37. The number of aryl methyl sites for hydroxylation is 2. The van der Waals surface area contributed by atoms with E-state index in [2.05, 4.69) is 49.1 Å². The van der Waals surface area contributed by atoms with Gasteiger partial charge in [0.1, 0.15) is 5.82 Å². The lowest BCUT2D eigenvalue weighted by Crippen LogP contribution is -2.32. The molecule has 1 aromatic carbocycles. The number of halogens is 1. The second kappa shape index (κ2) is 5.69. The van der Waals surface area contributed by atoms with Crippen LogP contribution >= 0.6 is 11.6 Å². The molecule has 2 nitrogen and oxygen atoms in total. The van der Waals surface area contributed by atoms with Gasteiger partial charge in [-0.25, -0.2) is 4.98 Å². The van der Waals surface area contributed by atoms with Crippen LogP contribution in [0.1, 0.15) is 29.3 Å². The van der Waals surface area contributed by atoms with Crippen LogP contribution in [0.15, 0.2) is 30.3 Å². The molecule has 1 unspecified atom stereocenters. The lowest BCUT2D eigenvalue weighted by Gasteiger charge is -2.35. The lowest BCUT2D eigenvalue weighted by atomic mass is 9.93. The summed E-state index contributed by atoms with van der Waals surface area (Å²) in [7, 11) is 0. The first-order valence-electron chi connectivity index (χ1n) is 7.48. The van der Waals surface area contributed by atoms with Crippen molar-refractivity contribution in [3.05, 3.63) is 52.7 Å². The Morgan fingerprint density at radius 2 is 2.05 bits per heavy atom. The summed E-state index contributed by atoms with van der Waals surface area (Å²) in [5.74, 6) is 2.15. The van der Waals surface area contributed by atoms with Gasteiger partial charge in [-0.2, -0.15) is 0 Å². The highest BCUT2D eigenvalue weighted by molar-refractivity contribution is 6.17. The van der Waals surface area contributed by atoms with Gasteiger partial charge in [0.25, 0.3) is 0 Å². The minimum Gasteiger partial charge on any atom is -0.326 e. The molecule has 3 rings (SSSR count). The number of para-hydroxylation sites is 1. The topological polar surface area (TPSA) is 16.1 Å². The largest absolute Gasteiger partial charge is 0.326 e. The third-order valence-electron chi connectivity index (χ3n) is 4.19. The number of pyridine rings is 1. The van der Waals surface area contributed by atoms with Crippen LogP contribution in [0.3, 0.4) is 0 Å². The Morgan fingerprint density at radius 3 is 2.81 bits per heavy atom. The molecule has 0 spiro atoms. The molecule has 21 heavy (non-hydrogen) atoms. The van der Waals surface area contributed by atoms with E-state index in [0.717, 1.165) is 30.0 Å². The molecule has 0 saturated carbocycles. The predicted molar refractivity (Wildman–Crippen MR) is 89.6 cm³/mol. The average Bonchev–Trinajstić information content (AvgIpc) is 2.45. The first-order valence-corrected chi connectivity index (χ1v) is 8.02. The maximum Gasteiger partial charge on any atom is 0.137 e. The van der Waals surface area contributed by atoms with E-state index in [4.69, 9.17) is 16.6 Å². The average molecular weight is 301 g/mol. The van der Waals surface area contributed by atoms with Gasteiger partial charge in [0, 0.05) is 23.5 Å². The van der Waals surface area contributed by atoms with E-state index in [1.807, 2.05) is 6.92 Å². The monoisotopic (exact) mass is 300 g/mol. The summed E-state index contributed by atoms with van der Waals surface area (Å²) in [5, 5.41) is 0. The molecule has 0 N–H and O–H groups in total. The third-order valence-corrected chi connectivity index (χ3v) is 4.46. The van der Waals surface area contributed by atoms with E-state index in [0.29, 0.717) is 11.8 Å². The zero-order chi connectivity index (χ0) is 15.0. The minimum absolute atomic E-state index is 0.501. The fourth-order valence-corrected chi connectivity index (χ4v) is 3.56. The second-order valence-electron chi connectivity index (χ2n) is 6.06. The fraction of sp³-hybridized carbons (Fsp3) is 0.389. The van der Waals surface area contributed by atoms with Crippen molar-refractivity contribution in [2.75, 3.05) is 11.4 Å². The summed E-state index contributed by atoms with van der Waals surface area (Å²) in [4.78, 5) is 7.15. The highest BCUT2D eigenvalue weighted by Gasteiger charge is 2.25. The fourth-order valence-electron chi connectivity index (χ4n) is 3.23. The number of hydrogen-bond acceptors (Lipinski definition) is 2. The van der Waals surface area contributed by atoms with Crippen LogP contribution in [0, 0.1) is 19.8 Å². The van der Waals surface area contributed by atoms with Gasteiger partial charge in [0.2, 0.25) is 0 Å². The van der Waals surface area contributed by atoms with Gasteiger partial charge < -0.3 is 4.90 Å². The van der Waals surface area contributed by atoms with Gasteiger partial charge >= 0.3 is 0 Å². The van der Waals surface area contributed by atoms with Crippen LogP contribution in [-0.4, -0.2) is 11.5 Å². The van der Waals surface area contributed by atoms with Gasteiger partial charge in [-0.15, -0.1) is 11.6 Å². The van der Waals surface area contributed by atoms with Crippen molar-refractivity contribution >= 4 is 23.1 Å². The molecular formula is C18H21ClN2. The van der Waals surface area contributed by atoms with Crippen LogP contribution in [0.4, 0.5) is 11.5 Å². The molecule has 1 aliphatic rings. The quantitative estimate of drug-likeness (QED) is 0.743. The Balaban J connectivity index is 2.17. The van der Waals surface area contributed by atoms with Gasteiger partial charge in [0.15, 0.2) is 0 Å². The zero-order valence-electron chi connectivity index (χ0n) is 12.9. The van der Waals surface area contributed by atoms with E-state index < -0.39 is 0 Å². The van der Waals surface area contributed by atoms with Gasteiger partial charge in [-0.3, -0.25) is 0 Å². The molecule has 1 aromatic heterocycles. The molecule has 1 aliphatic heterocycles. The molecule has 3 heteroatoms. The minimum atomic E-state index is 0.501. The van der Waals surface area contributed by atoms with E-state index >= 15 is 0 Å². The Labute approximate surface area is 131 Å². The SMILES string of the molecule is Cc1cc(C)c(CCl)c(N2CC(C)Cc3ccccc32)n1. The predicted octanol–water partition coefficient (Wildman–Crippen LogP) is 4.77. The first kappa shape index (κ1) is 14.4. The summed E-state index contributed by atoms with van der Waals surface area (Å²) in [6, 6.07) is 10.7. The molecule has 0 radical (unpaired) electrons. The highest BCUT2D eigenvalue weighted by atomic mass is 35.5. The van der Waals surface area contributed by atoms with Crippen molar-refractivity contribution in [1.82, 2.24) is 4.98 Å². The van der Waals surface area contributed by atoms with Gasteiger partial charge in [-0.05, 0) is 49.4 Å². The van der Waals surface area contributed by atoms with Crippen molar-refractivity contribution in [2.45, 2.75) is 33.1 Å². The van der Waals surface area contributed by atoms with Gasteiger partial charge in [-0.1, -0.05) is 25.1 Å². The van der Waals surface area contributed by atoms with Crippen molar-refractivity contribution in [2.24, 2.45) is 5.92 Å². The molecule has 2 aromatic rings. The van der Waals surface area contributed by atoms with E-state index in [1.54, 1.807) is 0 Å². The Kier molecular flexibility index (Phi) is 3.90. The molecule has 0 aliphatic carbocycles. The van der Waals surface area contributed by atoms with E-state index in [1.165, 1.54) is 16.8 Å². The molecule has 0 bridgehead atoms. The van der Waals surface area contributed by atoms with Crippen LogP contribution in [0.5, 0.6) is 0 Å². The number of anilines is 2. The Morgan fingerprint density at radius 1 is 1.29 bits per heavy atom. The van der Waals surface area contributed by atoms with Crippen molar-refractivity contribution in [3.63, 3.8) is 0 Å². The standard InChI is InChI=1S/C18H21ClN2/c1-12-8-15-6-4-5-7-17(15)21(11-12)18-16(10-19)13(2)9-14(3)20-18/h4-7,9,12H,8,10-11H2,1-3H3. The maximum absolute atomic E-state index is 6.21. The van der Waals surface area contributed by atoms with Crippen molar-refractivity contribution in [3.8, 4) is 0 Å². The van der Waals surface area contributed by atoms with Crippen LogP contribution in [0.2, 0.25) is 0 Å². The molecule has 2 heterocycles. The lowest BCUT2D eigenvalue weighted by molar-refractivity contribution is 0.559. The van der Waals surface area contributed by atoms with Crippen molar-refractivity contribution < 1.29 is 0 Å². The number of aromatic nitrogens is 1. The first-order chi connectivity index (χ1) is 10.1. The molecule has 1 atom stereocenters. The number of nitrogens with zero attached hydrogens (tertiary/aromatic N) is 2. The summed E-state index contributed by atoms with van der Waals surface area (Å²) in [6.07, 6.45) is 1.13. The summed E-state index contributed by atoms with van der Waals surface area (Å²) in [5.41, 5.74) is 6.10. The Hall–Kier alpha value is -1.54. The van der Waals surface area contributed by atoms with Gasteiger partial charge in [0.05, 0.1) is 5.88 Å². The summed E-state index contributed by atoms with van der Waals surface area (Å²) >= 11 is 6.21. The number of fused-ring (bicyclic) bond motifs is 1. The number of rotatable bonds is 2. The van der Waals surface area contributed by atoms with Crippen LogP contribution < -0.4 is 4.90 Å². The summed E-state index contributed by atoms with van der Waals surface area (Å²) in [6.45, 7) is 7.46. The van der Waals surface area contributed by atoms with E-state index in [9.17, 15) is 0 Å². The molecule has 110 valence electrons. The number of alkyl halides is 1.